The van der Waals surface area contributed by atoms with Crippen molar-refractivity contribution in [2.24, 2.45) is 0 Å². The number of ether oxygens (including phenoxy) is 1. The third-order valence-corrected chi connectivity index (χ3v) is 2.17. The molecule has 1 aromatic rings. The summed E-state index contributed by atoms with van der Waals surface area (Å²) in [6.45, 7) is 3.59. The van der Waals surface area contributed by atoms with Crippen LogP contribution in [0.4, 0.5) is 0 Å². The second kappa shape index (κ2) is 6.05. The summed E-state index contributed by atoms with van der Waals surface area (Å²) in [5.74, 6) is -0.825. The van der Waals surface area contributed by atoms with Crippen molar-refractivity contribution in [3.8, 4) is 0 Å². The fraction of sp³-hybridized carbons (Fsp3) is 0.385. The number of rotatable bonds is 5. The second-order valence-electron chi connectivity index (χ2n) is 3.85. The number of carbonyl (C=O) groups is 2. The zero-order chi connectivity index (χ0) is 12.0. The molecule has 0 spiro atoms. The van der Waals surface area contributed by atoms with E-state index >= 15 is 0 Å². The van der Waals surface area contributed by atoms with Crippen LogP contribution in [0.2, 0.25) is 0 Å². The first-order valence-corrected chi connectivity index (χ1v) is 5.34. The highest BCUT2D eigenvalue weighted by molar-refractivity contribution is 5.81. The average Bonchev–Trinajstić information content (AvgIpc) is 2.26. The van der Waals surface area contributed by atoms with E-state index in [1.54, 1.807) is 13.8 Å². The SMILES string of the molecule is CC(C)OC(=O)C(CC=O)c1ccccc1. The highest BCUT2D eigenvalue weighted by Crippen LogP contribution is 2.20. The molecule has 1 unspecified atom stereocenters. The van der Waals surface area contributed by atoms with Gasteiger partial charge in [-0.15, -0.1) is 0 Å². The predicted molar refractivity (Wildman–Crippen MR) is 61.1 cm³/mol. The Hall–Kier alpha value is -1.64. The first kappa shape index (κ1) is 12.4. The van der Waals surface area contributed by atoms with Crippen LogP contribution in [0.25, 0.3) is 0 Å². The Labute approximate surface area is 95.4 Å². The largest absolute Gasteiger partial charge is 0.462 e. The third kappa shape index (κ3) is 3.50. The normalized spacial score (nSPS) is 12.2. The molecule has 3 heteroatoms. The Morgan fingerprint density at radius 1 is 1.31 bits per heavy atom. The fourth-order valence-corrected chi connectivity index (χ4v) is 1.46. The monoisotopic (exact) mass is 220 g/mol. The Kier molecular flexibility index (Phi) is 4.70. The Morgan fingerprint density at radius 3 is 2.44 bits per heavy atom. The molecular formula is C13H16O3. The van der Waals surface area contributed by atoms with E-state index in [1.165, 1.54) is 0 Å². The van der Waals surface area contributed by atoms with Crippen molar-refractivity contribution >= 4 is 12.3 Å². The summed E-state index contributed by atoms with van der Waals surface area (Å²) in [4.78, 5) is 22.3. The number of hydrogen-bond donors (Lipinski definition) is 0. The van der Waals surface area contributed by atoms with Crippen LogP contribution in [0.5, 0.6) is 0 Å². The molecule has 1 atom stereocenters. The summed E-state index contributed by atoms with van der Waals surface area (Å²) in [7, 11) is 0. The lowest BCUT2D eigenvalue weighted by Crippen LogP contribution is -2.20. The lowest BCUT2D eigenvalue weighted by atomic mass is 9.96. The summed E-state index contributed by atoms with van der Waals surface area (Å²) in [6.07, 6.45) is 0.750. The highest BCUT2D eigenvalue weighted by Gasteiger charge is 2.22. The summed E-state index contributed by atoms with van der Waals surface area (Å²) in [6, 6.07) is 9.21. The van der Waals surface area contributed by atoms with Crippen LogP contribution in [0.15, 0.2) is 30.3 Å². The van der Waals surface area contributed by atoms with E-state index in [4.69, 9.17) is 4.74 Å². The zero-order valence-electron chi connectivity index (χ0n) is 9.55. The molecular weight excluding hydrogens is 204 g/mol. The molecule has 1 rings (SSSR count). The molecule has 0 heterocycles. The predicted octanol–water partition coefficient (Wildman–Crippen LogP) is 2.31. The maximum Gasteiger partial charge on any atom is 0.314 e. The summed E-state index contributed by atoms with van der Waals surface area (Å²) < 4.78 is 5.12. The molecule has 3 nitrogen and oxygen atoms in total. The van der Waals surface area contributed by atoms with Gasteiger partial charge in [0.15, 0.2) is 0 Å². The first-order chi connectivity index (χ1) is 7.65. The van der Waals surface area contributed by atoms with Crippen molar-refractivity contribution in [3.05, 3.63) is 35.9 Å². The minimum absolute atomic E-state index is 0.162. The number of aldehydes is 1. The zero-order valence-corrected chi connectivity index (χ0v) is 9.55. The van der Waals surface area contributed by atoms with E-state index in [2.05, 4.69) is 0 Å². The topological polar surface area (TPSA) is 43.4 Å². The molecule has 1 aromatic carbocycles. The molecule has 0 saturated carbocycles. The molecule has 0 saturated heterocycles. The van der Waals surface area contributed by atoms with Gasteiger partial charge in [-0.05, 0) is 19.4 Å². The maximum absolute atomic E-state index is 11.8. The van der Waals surface area contributed by atoms with Crippen LogP contribution >= 0.6 is 0 Å². The Bertz CT molecular complexity index is 343. The Morgan fingerprint density at radius 2 is 1.94 bits per heavy atom. The van der Waals surface area contributed by atoms with Crippen molar-refractivity contribution in [2.45, 2.75) is 32.3 Å². The summed E-state index contributed by atoms with van der Waals surface area (Å²) >= 11 is 0. The van der Waals surface area contributed by atoms with E-state index in [0.29, 0.717) is 0 Å². The molecule has 0 amide bonds. The van der Waals surface area contributed by atoms with Gasteiger partial charge in [-0.1, -0.05) is 30.3 Å². The maximum atomic E-state index is 11.8. The van der Waals surface area contributed by atoms with Gasteiger partial charge < -0.3 is 9.53 Å². The molecule has 0 aromatic heterocycles. The van der Waals surface area contributed by atoms with Crippen molar-refractivity contribution in [3.63, 3.8) is 0 Å². The number of carbonyl (C=O) groups excluding carboxylic acids is 2. The van der Waals surface area contributed by atoms with E-state index in [1.807, 2.05) is 30.3 Å². The first-order valence-electron chi connectivity index (χ1n) is 5.34. The van der Waals surface area contributed by atoms with Crippen LogP contribution in [0.3, 0.4) is 0 Å². The van der Waals surface area contributed by atoms with Crippen LogP contribution in [-0.2, 0) is 14.3 Å². The third-order valence-electron chi connectivity index (χ3n) is 2.17. The van der Waals surface area contributed by atoms with Crippen molar-refractivity contribution in [2.75, 3.05) is 0 Å². The van der Waals surface area contributed by atoms with E-state index in [9.17, 15) is 9.59 Å². The van der Waals surface area contributed by atoms with Gasteiger partial charge in [-0.3, -0.25) is 4.79 Å². The van der Waals surface area contributed by atoms with Crippen molar-refractivity contribution in [1.82, 2.24) is 0 Å². The molecule has 0 N–H and O–H groups in total. The van der Waals surface area contributed by atoms with Crippen molar-refractivity contribution < 1.29 is 14.3 Å². The van der Waals surface area contributed by atoms with E-state index in [-0.39, 0.29) is 18.5 Å². The van der Waals surface area contributed by atoms with Gasteiger partial charge in [0.1, 0.15) is 6.29 Å². The van der Waals surface area contributed by atoms with Crippen molar-refractivity contribution in [1.29, 1.82) is 0 Å². The number of benzene rings is 1. The molecule has 0 bridgehead atoms. The van der Waals surface area contributed by atoms with E-state index in [0.717, 1.165) is 11.8 Å². The minimum Gasteiger partial charge on any atom is -0.462 e. The van der Waals surface area contributed by atoms with Gasteiger partial charge in [-0.2, -0.15) is 0 Å². The minimum atomic E-state index is -0.485. The van der Waals surface area contributed by atoms with Crippen LogP contribution in [0, 0.1) is 0 Å². The van der Waals surface area contributed by atoms with Crippen LogP contribution in [-0.4, -0.2) is 18.4 Å². The molecule has 0 aliphatic heterocycles. The summed E-state index contributed by atoms with van der Waals surface area (Å²) in [5, 5.41) is 0. The summed E-state index contributed by atoms with van der Waals surface area (Å²) in [5.41, 5.74) is 0.820. The molecule has 0 radical (unpaired) electrons. The fourth-order valence-electron chi connectivity index (χ4n) is 1.46. The molecule has 16 heavy (non-hydrogen) atoms. The van der Waals surface area contributed by atoms with Crippen LogP contribution in [0.1, 0.15) is 31.7 Å². The van der Waals surface area contributed by atoms with Gasteiger partial charge in [0, 0.05) is 6.42 Å². The van der Waals surface area contributed by atoms with Gasteiger partial charge in [0.05, 0.1) is 12.0 Å². The van der Waals surface area contributed by atoms with Gasteiger partial charge in [0.2, 0.25) is 0 Å². The Balaban J connectivity index is 2.82. The van der Waals surface area contributed by atoms with E-state index < -0.39 is 5.92 Å². The van der Waals surface area contributed by atoms with Crippen LogP contribution < -0.4 is 0 Å². The van der Waals surface area contributed by atoms with Gasteiger partial charge in [0.25, 0.3) is 0 Å². The standard InChI is InChI=1S/C13H16O3/c1-10(2)16-13(15)12(8-9-14)11-6-4-3-5-7-11/h3-7,9-10,12H,8H2,1-2H3. The molecule has 0 fully saturated rings. The molecule has 0 aliphatic rings. The molecule has 0 aliphatic carbocycles. The number of esters is 1. The number of hydrogen-bond acceptors (Lipinski definition) is 3. The average molecular weight is 220 g/mol. The highest BCUT2D eigenvalue weighted by atomic mass is 16.5. The lowest BCUT2D eigenvalue weighted by molar-refractivity contribution is -0.149. The lowest BCUT2D eigenvalue weighted by Gasteiger charge is -2.15. The second-order valence-corrected chi connectivity index (χ2v) is 3.85. The van der Waals surface area contributed by atoms with Gasteiger partial charge in [-0.25, -0.2) is 0 Å². The molecule has 86 valence electrons. The van der Waals surface area contributed by atoms with Gasteiger partial charge >= 0.3 is 5.97 Å². The quantitative estimate of drug-likeness (QED) is 0.565. The smallest absolute Gasteiger partial charge is 0.314 e.